The largest absolute Gasteiger partial charge is 0.382 e. The smallest absolute Gasteiger partial charge is 0.267 e. The van der Waals surface area contributed by atoms with Gasteiger partial charge in [0.2, 0.25) is 6.10 Å². The Kier molecular flexibility index (Phi) is 3.69. The van der Waals surface area contributed by atoms with Crippen molar-refractivity contribution >= 4 is 11.6 Å². The molecular formula is C15H18N2O3. The lowest BCUT2D eigenvalue weighted by Gasteiger charge is -2.28. The Hall–Kier alpha value is -1.88. The van der Waals surface area contributed by atoms with E-state index in [2.05, 4.69) is 5.16 Å². The van der Waals surface area contributed by atoms with E-state index in [9.17, 15) is 4.79 Å². The maximum Gasteiger partial charge on any atom is 0.267 e. The number of carbonyl (C=O) groups excluding carboxylic acids is 1. The van der Waals surface area contributed by atoms with E-state index in [1.165, 1.54) is 5.56 Å². The minimum Gasteiger partial charge on any atom is -0.382 e. The Labute approximate surface area is 118 Å². The Morgan fingerprint density at radius 2 is 1.95 bits per heavy atom. The number of oxime groups is 1. The Balaban J connectivity index is 1.63. The van der Waals surface area contributed by atoms with Crippen LogP contribution in [0.1, 0.15) is 17.5 Å². The van der Waals surface area contributed by atoms with Crippen LogP contribution in [0.5, 0.6) is 0 Å². The summed E-state index contributed by atoms with van der Waals surface area (Å²) < 4.78 is 5.25. The molecule has 20 heavy (non-hydrogen) atoms. The fraction of sp³-hybridized carbons (Fsp3) is 0.467. The summed E-state index contributed by atoms with van der Waals surface area (Å²) in [4.78, 5) is 19.4. The molecule has 5 heteroatoms. The number of aryl methyl sites for hydroxylation is 1. The zero-order chi connectivity index (χ0) is 13.9. The van der Waals surface area contributed by atoms with Gasteiger partial charge in [-0.1, -0.05) is 35.0 Å². The lowest BCUT2D eigenvalue weighted by Crippen LogP contribution is -2.45. The molecule has 1 amide bonds. The molecule has 0 aromatic heterocycles. The topological polar surface area (TPSA) is 51.1 Å². The average Bonchev–Trinajstić information content (AvgIpc) is 2.98. The third kappa shape index (κ3) is 2.67. The molecule has 1 saturated heterocycles. The number of ether oxygens (including phenoxy) is 1. The zero-order valence-corrected chi connectivity index (χ0v) is 11.5. The fourth-order valence-electron chi connectivity index (χ4n) is 2.41. The van der Waals surface area contributed by atoms with Gasteiger partial charge in [-0.05, 0) is 12.5 Å². The second-order valence-electron chi connectivity index (χ2n) is 5.14. The molecule has 1 aromatic rings. The van der Waals surface area contributed by atoms with E-state index in [-0.39, 0.29) is 5.91 Å². The number of hydrogen-bond acceptors (Lipinski definition) is 4. The Bertz CT molecular complexity index is 518. The highest BCUT2D eigenvalue weighted by molar-refractivity contribution is 6.04. The van der Waals surface area contributed by atoms with E-state index in [0.717, 1.165) is 11.3 Å². The highest BCUT2D eigenvalue weighted by Crippen LogP contribution is 2.19. The third-order valence-corrected chi connectivity index (χ3v) is 3.65. The van der Waals surface area contributed by atoms with Crippen LogP contribution in [0.25, 0.3) is 0 Å². The van der Waals surface area contributed by atoms with Crippen LogP contribution in [0.2, 0.25) is 0 Å². The summed E-state index contributed by atoms with van der Waals surface area (Å²) in [5, 5.41) is 4.07. The molecule has 0 saturated carbocycles. The predicted octanol–water partition coefficient (Wildman–Crippen LogP) is 1.35. The minimum absolute atomic E-state index is 0.0131. The van der Waals surface area contributed by atoms with Crippen molar-refractivity contribution < 1.29 is 14.4 Å². The first kappa shape index (κ1) is 13.1. The van der Waals surface area contributed by atoms with Crippen molar-refractivity contribution in [3.05, 3.63) is 35.4 Å². The van der Waals surface area contributed by atoms with Gasteiger partial charge in [0.05, 0.1) is 18.9 Å². The molecule has 1 fully saturated rings. The van der Waals surface area contributed by atoms with Gasteiger partial charge in [0, 0.05) is 19.5 Å². The summed E-state index contributed by atoms with van der Waals surface area (Å²) in [7, 11) is 0. The van der Waals surface area contributed by atoms with Gasteiger partial charge < -0.3 is 14.5 Å². The van der Waals surface area contributed by atoms with Crippen molar-refractivity contribution in [2.45, 2.75) is 19.4 Å². The molecule has 0 bridgehead atoms. The third-order valence-electron chi connectivity index (χ3n) is 3.65. The molecule has 1 aromatic carbocycles. The predicted molar refractivity (Wildman–Crippen MR) is 74.6 cm³/mol. The van der Waals surface area contributed by atoms with Crippen LogP contribution < -0.4 is 0 Å². The van der Waals surface area contributed by atoms with Crippen LogP contribution in [-0.2, 0) is 14.4 Å². The summed E-state index contributed by atoms with van der Waals surface area (Å²) in [6.45, 7) is 4.52. The van der Waals surface area contributed by atoms with Crippen LogP contribution in [0, 0.1) is 6.92 Å². The average molecular weight is 274 g/mol. The summed E-state index contributed by atoms with van der Waals surface area (Å²) in [6, 6.07) is 8.10. The maximum atomic E-state index is 12.3. The Morgan fingerprint density at radius 3 is 2.65 bits per heavy atom. The fourth-order valence-corrected chi connectivity index (χ4v) is 2.41. The summed E-state index contributed by atoms with van der Waals surface area (Å²) in [5.74, 6) is 0.0131. The van der Waals surface area contributed by atoms with Gasteiger partial charge in [-0.25, -0.2) is 0 Å². The van der Waals surface area contributed by atoms with Crippen molar-refractivity contribution in [2.75, 3.05) is 26.3 Å². The molecule has 3 rings (SSSR count). The number of rotatable bonds is 2. The van der Waals surface area contributed by atoms with E-state index >= 15 is 0 Å². The zero-order valence-electron chi connectivity index (χ0n) is 11.5. The van der Waals surface area contributed by atoms with Gasteiger partial charge in [-0.2, -0.15) is 0 Å². The van der Waals surface area contributed by atoms with Crippen LogP contribution in [-0.4, -0.2) is 48.9 Å². The molecule has 106 valence electrons. The molecular weight excluding hydrogens is 256 g/mol. The van der Waals surface area contributed by atoms with Gasteiger partial charge in [-0.15, -0.1) is 0 Å². The summed E-state index contributed by atoms with van der Waals surface area (Å²) in [5.41, 5.74) is 3.07. The lowest BCUT2D eigenvalue weighted by atomic mass is 10.0. The lowest BCUT2D eigenvalue weighted by molar-refractivity contribution is -0.146. The van der Waals surface area contributed by atoms with E-state index in [4.69, 9.17) is 9.57 Å². The molecule has 0 spiro atoms. The molecule has 0 aliphatic carbocycles. The van der Waals surface area contributed by atoms with E-state index in [0.29, 0.717) is 32.7 Å². The molecule has 5 nitrogen and oxygen atoms in total. The molecule has 1 unspecified atom stereocenters. The first-order valence-electron chi connectivity index (χ1n) is 6.90. The van der Waals surface area contributed by atoms with Crippen LogP contribution in [0.15, 0.2) is 29.4 Å². The van der Waals surface area contributed by atoms with E-state index < -0.39 is 6.10 Å². The van der Waals surface area contributed by atoms with Gasteiger partial charge in [0.15, 0.2) is 0 Å². The number of carbonyl (C=O) groups is 1. The normalized spacial score (nSPS) is 22.4. The number of hydrogen-bond donors (Lipinski definition) is 0. The van der Waals surface area contributed by atoms with Crippen molar-refractivity contribution in [3.8, 4) is 0 Å². The van der Waals surface area contributed by atoms with Crippen molar-refractivity contribution in [1.82, 2.24) is 4.90 Å². The van der Waals surface area contributed by atoms with E-state index in [1.807, 2.05) is 31.2 Å². The van der Waals surface area contributed by atoms with Crippen LogP contribution in [0.4, 0.5) is 0 Å². The van der Waals surface area contributed by atoms with Crippen molar-refractivity contribution in [1.29, 1.82) is 0 Å². The first-order valence-corrected chi connectivity index (χ1v) is 6.90. The van der Waals surface area contributed by atoms with Gasteiger partial charge >= 0.3 is 0 Å². The minimum atomic E-state index is -0.482. The molecule has 0 N–H and O–H groups in total. The molecule has 1 atom stereocenters. The second-order valence-corrected chi connectivity index (χ2v) is 5.14. The van der Waals surface area contributed by atoms with Crippen LogP contribution >= 0.6 is 0 Å². The highest BCUT2D eigenvalue weighted by atomic mass is 16.6. The second kappa shape index (κ2) is 5.63. The maximum absolute atomic E-state index is 12.3. The number of nitrogens with zero attached hydrogens (tertiary/aromatic N) is 2. The highest BCUT2D eigenvalue weighted by Gasteiger charge is 2.32. The SMILES string of the molecule is Cc1ccc(C2=NOC(C(=O)N3CCOCC3)C2)cc1. The summed E-state index contributed by atoms with van der Waals surface area (Å²) in [6.07, 6.45) is 0.0589. The van der Waals surface area contributed by atoms with Crippen molar-refractivity contribution in [2.24, 2.45) is 5.16 Å². The number of morpholine rings is 1. The standard InChI is InChI=1S/C15H18N2O3/c1-11-2-4-12(5-3-11)13-10-14(20-16-13)15(18)17-6-8-19-9-7-17/h2-5,14H,6-10H2,1H3. The Morgan fingerprint density at radius 1 is 1.25 bits per heavy atom. The number of amides is 1. The molecule has 0 radical (unpaired) electrons. The van der Waals surface area contributed by atoms with Crippen molar-refractivity contribution in [3.63, 3.8) is 0 Å². The van der Waals surface area contributed by atoms with Crippen LogP contribution in [0.3, 0.4) is 0 Å². The van der Waals surface area contributed by atoms with Gasteiger partial charge in [-0.3, -0.25) is 4.79 Å². The van der Waals surface area contributed by atoms with E-state index in [1.54, 1.807) is 4.90 Å². The monoisotopic (exact) mass is 274 g/mol. The summed E-state index contributed by atoms with van der Waals surface area (Å²) >= 11 is 0. The molecule has 2 heterocycles. The first-order chi connectivity index (χ1) is 9.74. The van der Waals surface area contributed by atoms with Gasteiger partial charge in [0.1, 0.15) is 0 Å². The molecule has 2 aliphatic heterocycles. The molecule has 2 aliphatic rings. The quantitative estimate of drug-likeness (QED) is 0.818. The van der Waals surface area contributed by atoms with Gasteiger partial charge in [0.25, 0.3) is 5.91 Å². The number of benzene rings is 1.